The lowest BCUT2D eigenvalue weighted by Gasteiger charge is -2.11. The predicted octanol–water partition coefficient (Wildman–Crippen LogP) is 2.60. The minimum Gasteiger partial charge on any atom is -0.356 e. The second-order valence-electron chi connectivity index (χ2n) is 4.64. The zero-order chi connectivity index (χ0) is 13.5. The van der Waals surface area contributed by atoms with Crippen LogP contribution >= 0.6 is 0 Å². The van der Waals surface area contributed by atoms with Crippen LogP contribution in [0.1, 0.15) is 31.7 Å². The highest BCUT2D eigenvalue weighted by atomic mass is 19.1. The molecule has 0 bridgehead atoms. The maximum Gasteiger partial charge on any atom is 0.221 e. The fraction of sp³-hybridized carbons (Fsp3) is 0.429. The van der Waals surface area contributed by atoms with E-state index < -0.39 is 5.92 Å². The van der Waals surface area contributed by atoms with Gasteiger partial charge in [0.1, 0.15) is 5.82 Å². The Bertz CT molecular complexity index is 434. The van der Waals surface area contributed by atoms with E-state index >= 15 is 0 Å². The summed E-state index contributed by atoms with van der Waals surface area (Å²) in [4.78, 5) is 11.6. The molecular weight excluding hydrogens is 231 g/mol. The van der Waals surface area contributed by atoms with E-state index in [1.165, 1.54) is 12.1 Å². The highest BCUT2D eigenvalue weighted by molar-refractivity contribution is 5.77. The standard InChI is InChI=1S/C14H17FN2O/c1-10(2)9-17-14(18)7-12(8-16)11-3-5-13(15)6-4-11/h3-6,10,12H,7,9H2,1-2H3,(H,17,18). The van der Waals surface area contributed by atoms with Crippen molar-refractivity contribution in [2.24, 2.45) is 5.92 Å². The van der Waals surface area contributed by atoms with Crippen molar-refractivity contribution in [2.45, 2.75) is 26.2 Å². The van der Waals surface area contributed by atoms with Crippen molar-refractivity contribution >= 4 is 5.91 Å². The zero-order valence-corrected chi connectivity index (χ0v) is 10.6. The number of halogens is 1. The molecule has 0 fully saturated rings. The number of nitrogens with one attached hydrogen (secondary N) is 1. The van der Waals surface area contributed by atoms with Gasteiger partial charge in [0.15, 0.2) is 0 Å². The van der Waals surface area contributed by atoms with Gasteiger partial charge in [0.05, 0.1) is 12.0 Å². The Morgan fingerprint density at radius 3 is 2.50 bits per heavy atom. The molecule has 1 aromatic carbocycles. The molecule has 4 heteroatoms. The molecule has 0 heterocycles. The highest BCUT2D eigenvalue weighted by Crippen LogP contribution is 2.19. The topological polar surface area (TPSA) is 52.9 Å². The summed E-state index contributed by atoms with van der Waals surface area (Å²) in [5.41, 5.74) is 0.665. The molecule has 0 aliphatic heterocycles. The van der Waals surface area contributed by atoms with Crippen LogP contribution < -0.4 is 5.32 Å². The molecule has 0 aromatic heterocycles. The number of nitriles is 1. The van der Waals surface area contributed by atoms with Gasteiger partial charge in [-0.25, -0.2) is 4.39 Å². The predicted molar refractivity (Wildman–Crippen MR) is 67.2 cm³/mol. The van der Waals surface area contributed by atoms with E-state index in [2.05, 4.69) is 11.4 Å². The van der Waals surface area contributed by atoms with Gasteiger partial charge in [-0.05, 0) is 23.6 Å². The molecule has 96 valence electrons. The summed E-state index contributed by atoms with van der Waals surface area (Å²) < 4.78 is 12.8. The van der Waals surface area contributed by atoms with Crippen molar-refractivity contribution < 1.29 is 9.18 Å². The molecule has 1 aromatic rings. The fourth-order valence-corrected chi connectivity index (χ4v) is 1.51. The Balaban J connectivity index is 2.60. The molecule has 0 saturated heterocycles. The van der Waals surface area contributed by atoms with Gasteiger partial charge in [-0.1, -0.05) is 26.0 Å². The van der Waals surface area contributed by atoms with Crippen molar-refractivity contribution in [3.05, 3.63) is 35.6 Å². The Kier molecular flexibility index (Phi) is 5.31. The van der Waals surface area contributed by atoms with Gasteiger partial charge in [0.2, 0.25) is 5.91 Å². The molecule has 0 saturated carbocycles. The van der Waals surface area contributed by atoms with E-state index in [4.69, 9.17) is 5.26 Å². The van der Waals surface area contributed by atoms with Crippen LogP contribution in [0.2, 0.25) is 0 Å². The molecule has 1 atom stereocenters. The van der Waals surface area contributed by atoms with Gasteiger partial charge in [-0.3, -0.25) is 4.79 Å². The van der Waals surface area contributed by atoms with Crippen LogP contribution in [0.15, 0.2) is 24.3 Å². The van der Waals surface area contributed by atoms with E-state index in [0.717, 1.165) is 0 Å². The minimum absolute atomic E-state index is 0.106. The van der Waals surface area contributed by atoms with Crippen LogP contribution in [0, 0.1) is 23.1 Å². The fourth-order valence-electron chi connectivity index (χ4n) is 1.51. The van der Waals surface area contributed by atoms with Gasteiger partial charge in [-0.15, -0.1) is 0 Å². The number of carbonyl (C=O) groups excluding carboxylic acids is 1. The third-order valence-electron chi connectivity index (χ3n) is 2.53. The maximum absolute atomic E-state index is 12.8. The summed E-state index contributed by atoms with van der Waals surface area (Å²) in [5.74, 6) is -0.655. The van der Waals surface area contributed by atoms with Crippen molar-refractivity contribution in [3.63, 3.8) is 0 Å². The van der Waals surface area contributed by atoms with Crippen molar-refractivity contribution in [3.8, 4) is 6.07 Å². The molecule has 0 radical (unpaired) electrons. The van der Waals surface area contributed by atoms with Crippen molar-refractivity contribution in [2.75, 3.05) is 6.54 Å². The van der Waals surface area contributed by atoms with Crippen LogP contribution in [0.4, 0.5) is 4.39 Å². The lowest BCUT2D eigenvalue weighted by atomic mass is 9.97. The van der Waals surface area contributed by atoms with Gasteiger partial charge in [-0.2, -0.15) is 5.26 Å². The normalized spacial score (nSPS) is 11.9. The molecule has 1 unspecified atom stereocenters. The third-order valence-corrected chi connectivity index (χ3v) is 2.53. The van der Waals surface area contributed by atoms with Crippen LogP contribution in [0.25, 0.3) is 0 Å². The Morgan fingerprint density at radius 1 is 1.39 bits per heavy atom. The Labute approximate surface area is 107 Å². The summed E-state index contributed by atoms with van der Waals surface area (Å²) in [6.45, 7) is 4.60. The molecule has 0 spiro atoms. The van der Waals surface area contributed by atoms with Crippen molar-refractivity contribution in [1.82, 2.24) is 5.32 Å². The number of amides is 1. The molecule has 3 nitrogen and oxygen atoms in total. The third kappa shape index (κ3) is 4.54. The molecule has 1 amide bonds. The second kappa shape index (κ2) is 6.75. The van der Waals surface area contributed by atoms with Gasteiger partial charge in [0, 0.05) is 13.0 Å². The molecular formula is C14H17FN2O. The zero-order valence-electron chi connectivity index (χ0n) is 10.6. The first kappa shape index (κ1) is 14.2. The number of benzene rings is 1. The summed E-state index contributed by atoms with van der Waals surface area (Å²) in [6, 6.07) is 7.75. The first-order valence-corrected chi connectivity index (χ1v) is 5.94. The Morgan fingerprint density at radius 2 is 2.00 bits per heavy atom. The Hall–Kier alpha value is -1.89. The number of rotatable bonds is 5. The van der Waals surface area contributed by atoms with E-state index in [9.17, 15) is 9.18 Å². The lowest BCUT2D eigenvalue weighted by Crippen LogP contribution is -2.28. The van der Waals surface area contributed by atoms with E-state index in [1.54, 1.807) is 12.1 Å². The number of carbonyl (C=O) groups is 1. The number of nitrogens with zero attached hydrogens (tertiary/aromatic N) is 1. The molecule has 1 N–H and O–H groups in total. The van der Waals surface area contributed by atoms with Gasteiger partial charge < -0.3 is 5.32 Å². The summed E-state index contributed by atoms with van der Waals surface area (Å²) >= 11 is 0. The number of hydrogen-bond donors (Lipinski definition) is 1. The van der Waals surface area contributed by atoms with E-state index in [-0.39, 0.29) is 18.1 Å². The average Bonchev–Trinajstić information content (AvgIpc) is 2.34. The van der Waals surface area contributed by atoms with Crippen LogP contribution in [-0.4, -0.2) is 12.5 Å². The minimum atomic E-state index is -0.530. The van der Waals surface area contributed by atoms with Crippen molar-refractivity contribution in [1.29, 1.82) is 5.26 Å². The van der Waals surface area contributed by atoms with Gasteiger partial charge >= 0.3 is 0 Å². The summed E-state index contributed by atoms with van der Waals surface area (Å²) in [7, 11) is 0. The van der Waals surface area contributed by atoms with Crippen LogP contribution in [-0.2, 0) is 4.79 Å². The first-order chi connectivity index (χ1) is 8.52. The van der Waals surface area contributed by atoms with Crippen LogP contribution in [0.3, 0.4) is 0 Å². The summed E-state index contributed by atoms with van der Waals surface area (Å²) in [6.07, 6.45) is 0.106. The first-order valence-electron chi connectivity index (χ1n) is 5.94. The van der Waals surface area contributed by atoms with E-state index in [1.807, 2.05) is 13.8 Å². The quantitative estimate of drug-likeness (QED) is 0.870. The van der Waals surface area contributed by atoms with Gasteiger partial charge in [0.25, 0.3) is 0 Å². The van der Waals surface area contributed by atoms with Crippen LogP contribution in [0.5, 0.6) is 0 Å². The monoisotopic (exact) mass is 248 g/mol. The second-order valence-corrected chi connectivity index (χ2v) is 4.64. The smallest absolute Gasteiger partial charge is 0.221 e. The number of hydrogen-bond acceptors (Lipinski definition) is 2. The molecule has 0 aliphatic rings. The average molecular weight is 248 g/mol. The summed E-state index contributed by atoms with van der Waals surface area (Å²) in [5, 5.41) is 11.8. The molecule has 18 heavy (non-hydrogen) atoms. The lowest BCUT2D eigenvalue weighted by molar-refractivity contribution is -0.121. The highest BCUT2D eigenvalue weighted by Gasteiger charge is 2.15. The largest absolute Gasteiger partial charge is 0.356 e. The molecule has 0 aliphatic carbocycles. The van der Waals surface area contributed by atoms with E-state index in [0.29, 0.717) is 18.0 Å². The molecule has 1 rings (SSSR count). The maximum atomic E-state index is 12.8. The SMILES string of the molecule is CC(C)CNC(=O)CC(C#N)c1ccc(F)cc1.